The number of carbonyl (C=O) groups is 1. The second-order valence-corrected chi connectivity index (χ2v) is 7.88. The molecule has 0 spiro atoms. The monoisotopic (exact) mass is 408 g/mol. The number of rotatable bonds is 6. The standard InChI is InChI=1S/C23H28N4O3/c1-2-13-26(16-17-7-4-3-5-8-17)19-9-6-10-20-21(19)24-22(28)27(20)18-11-14-25(15-12-18)23(29)30/h3-10,18H,2,11-16H2,1H3,(H,24,28)(H,29,30). The lowest BCUT2D eigenvalue weighted by Crippen LogP contribution is -2.39. The van der Waals surface area contributed by atoms with Gasteiger partial charge in [-0.25, -0.2) is 9.59 Å². The second-order valence-electron chi connectivity index (χ2n) is 7.88. The predicted molar refractivity (Wildman–Crippen MR) is 118 cm³/mol. The van der Waals surface area contributed by atoms with Crippen molar-refractivity contribution in [1.82, 2.24) is 14.5 Å². The highest BCUT2D eigenvalue weighted by Crippen LogP contribution is 2.30. The lowest BCUT2D eigenvalue weighted by molar-refractivity contribution is 0.125. The van der Waals surface area contributed by atoms with E-state index in [4.69, 9.17) is 0 Å². The van der Waals surface area contributed by atoms with E-state index in [1.165, 1.54) is 10.5 Å². The van der Waals surface area contributed by atoms with E-state index in [1.54, 1.807) is 0 Å². The molecule has 0 unspecified atom stereocenters. The average molecular weight is 409 g/mol. The number of piperidine rings is 1. The van der Waals surface area contributed by atoms with E-state index in [2.05, 4.69) is 35.0 Å². The van der Waals surface area contributed by atoms with Crippen molar-refractivity contribution in [3.63, 3.8) is 0 Å². The third-order valence-electron chi connectivity index (χ3n) is 5.88. The van der Waals surface area contributed by atoms with Gasteiger partial charge in [0.15, 0.2) is 0 Å². The Balaban J connectivity index is 1.68. The van der Waals surface area contributed by atoms with E-state index in [-0.39, 0.29) is 11.7 Å². The second kappa shape index (κ2) is 8.65. The number of hydrogen-bond donors (Lipinski definition) is 2. The van der Waals surface area contributed by atoms with Gasteiger partial charge in [-0.3, -0.25) is 4.57 Å². The van der Waals surface area contributed by atoms with Crippen LogP contribution in [0.3, 0.4) is 0 Å². The number of anilines is 1. The van der Waals surface area contributed by atoms with E-state index < -0.39 is 6.09 Å². The summed E-state index contributed by atoms with van der Waals surface area (Å²) in [6.45, 7) is 4.72. The Bertz CT molecular complexity index is 1060. The Morgan fingerprint density at radius 3 is 2.53 bits per heavy atom. The van der Waals surface area contributed by atoms with Crippen LogP contribution in [0.2, 0.25) is 0 Å². The molecule has 30 heavy (non-hydrogen) atoms. The Kier molecular flexibility index (Phi) is 5.79. The third kappa shape index (κ3) is 3.92. The minimum absolute atomic E-state index is 0.00542. The Morgan fingerprint density at radius 2 is 1.87 bits per heavy atom. The zero-order valence-electron chi connectivity index (χ0n) is 17.3. The lowest BCUT2D eigenvalue weighted by Gasteiger charge is -2.30. The summed E-state index contributed by atoms with van der Waals surface area (Å²) in [5.41, 5.74) is 3.87. The van der Waals surface area contributed by atoms with E-state index in [0.29, 0.717) is 25.9 Å². The van der Waals surface area contributed by atoms with Crippen molar-refractivity contribution in [1.29, 1.82) is 0 Å². The number of para-hydroxylation sites is 1. The minimum Gasteiger partial charge on any atom is -0.465 e. The van der Waals surface area contributed by atoms with Crippen LogP contribution in [-0.4, -0.2) is 45.3 Å². The number of hydrogen-bond acceptors (Lipinski definition) is 3. The molecule has 3 aromatic rings. The number of nitrogens with zero attached hydrogens (tertiary/aromatic N) is 3. The molecule has 2 aromatic carbocycles. The molecule has 0 aliphatic carbocycles. The number of imidazole rings is 1. The number of fused-ring (bicyclic) bond motifs is 1. The van der Waals surface area contributed by atoms with Crippen molar-refractivity contribution in [3.8, 4) is 0 Å². The van der Waals surface area contributed by atoms with Crippen molar-refractivity contribution >= 4 is 22.8 Å². The summed E-state index contributed by atoms with van der Waals surface area (Å²) >= 11 is 0. The number of nitrogens with one attached hydrogen (secondary N) is 1. The van der Waals surface area contributed by atoms with Crippen LogP contribution < -0.4 is 10.6 Å². The average Bonchev–Trinajstić information content (AvgIpc) is 3.10. The van der Waals surface area contributed by atoms with Crippen LogP contribution in [0.15, 0.2) is 53.3 Å². The molecule has 1 saturated heterocycles. The van der Waals surface area contributed by atoms with Gasteiger partial charge in [-0.05, 0) is 37.0 Å². The maximum Gasteiger partial charge on any atom is 0.407 e. The predicted octanol–water partition coefficient (Wildman–Crippen LogP) is 4.06. The summed E-state index contributed by atoms with van der Waals surface area (Å²) in [6, 6.07) is 16.4. The summed E-state index contributed by atoms with van der Waals surface area (Å²) in [5, 5.41) is 9.20. The van der Waals surface area contributed by atoms with Gasteiger partial charge in [0.05, 0.1) is 16.7 Å². The number of carboxylic acid groups (broad SMARTS) is 1. The van der Waals surface area contributed by atoms with Crippen molar-refractivity contribution in [2.75, 3.05) is 24.5 Å². The first-order chi connectivity index (χ1) is 14.6. The molecule has 1 aromatic heterocycles. The van der Waals surface area contributed by atoms with E-state index in [1.807, 2.05) is 34.9 Å². The van der Waals surface area contributed by atoms with Crippen molar-refractivity contribution in [3.05, 3.63) is 64.6 Å². The van der Waals surface area contributed by atoms with Crippen LogP contribution >= 0.6 is 0 Å². The van der Waals surface area contributed by atoms with Crippen LogP contribution in [-0.2, 0) is 6.54 Å². The summed E-state index contributed by atoms with van der Waals surface area (Å²) in [6.07, 6.45) is 1.40. The highest BCUT2D eigenvalue weighted by atomic mass is 16.4. The van der Waals surface area contributed by atoms with E-state index >= 15 is 0 Å². The normalized spacial score (nSPS) is 14.9. The van der Waals surface area contributed by atoms with E-state index in [9.17, 15) is 14.7 Å². The zero-order valence-corrected chi connectivity index (χ0v) is 17.3. The number of likely N-dealkylation sites (tertiary alicyclic amines) is 1. The molecule has 7 heteroatoms. The molecule has 4 rings (SSSR count). The first-order valence-corrected chi connectivity index (χ1v) is 10.6. The summed E-state index contributed by atoms with van der Waals surface area (Å²) in [4.78, 5) is 30.9. The van der Waals surface area contributed by atoms with Crippen LogP contribution in [0.25, 0.3) is 11.0 Å². The van der Waals surface area contributed by atoms with Crippen LogP contribution in [0.4, 0.5) is 10.5 Å². The molecule has 158 valence electrons. The van der Waals surface area contributed by atoms with Gasteiger partial charge in [-0.15, -0.1) is 0 Å². The Hall–Kier alpha value is -3.22. The highest BCUT2D eigenvalue weighted by Gasteiger charge is 2.26. The summed E-state index contributed by atoms with van der Waals surface area (Å²) in [7, 11) is 0. The smallest absolute Gasteiger partial charge is 0.407 e. The van der Waals surface area contributed by atoms with Crippen LogP contribution in [0, 0.1) is 0 Å². The zero-order chi connectivity index (χ0) is 21.1. The molecule has 0 saturated carbocycles. The third-order valence-corrected chi connectivity index (χ3v) is 5.88. The largest absolute Gasteiger partial charge is 0.465 e. The molecule has 7 nitrogen and oxygen atoms in total. The molecule has 2 heterocycles. The molecule has 1 amide bonds. The maximum absolute atomic E-state index is 12.9. The highest BCUT2D eigenvalue weighted by molar-refractivity contribution is 5.89. The molecule has 0 radical (unpaired) electrons. The molecule has 1 aliphatic rings. The van der Waals surface area contributed by atoms with Gasteiger partial charge < -0.3 is 19.9 Å². The van der Waals surface area contributed by atoms with Crippen LogP contribution in [0.1, 0.15) is 37.8 Å². The number of aromatic nitrogens is 2. The quantitative estimate of drug-likeness (QED) is 0.644. The lowest BCUT2D eigenvalue weighted by atomic mass is 10.0. The van der Waals surface area contributed by atoms with Gasteiger partial charge in [0.25, 0.3) is 0 Å². The fourth-order valence-electron chi connectivity index (χ4n) is 4.43. The fraction of sp³-hybridized carbons (Fsp3) is 0.391. The van der Waals surface area contributed by atoms with Gasteiger partial charge in [0.2, 0.25) is 0 Å². The summed E-state index contributed by atoms with van der Waals surface area (Å²) < 4.78 is 1.82. The number of amides is 1. The minimum atomic E-state index is -0.891. The fourth-order valence-corrected chi connectivity index (χ4v) is 4.43. The van der Waals surface area contributed by atoms with Crippen LogP contribution in [0.5, 0.6) is 0 Å². The topological polar surface area (TPSA) is 81.6 Å². The molecule has 1 aliphatic heterocycles. The number of H-pyrrole nitrogens is 1. The van der Waals surface area contributed by atoms with Crippen molar-refractivity contribution in [2.24, 2.45) is 0 Å². The Labute approximate surface area is 175 Å². The molecule has 0 bridgehead atoms. The van der Waals surface area contributed by atoms with Gasteiger partial charge in [-0.2, -0.15) is 0 Å². The first-order valence-electron chi connectivity index (χ1n) is 10.6. The van der Waals surface area contributed by atoms with Gasteiger partial charge in [0, 0.05) is 32.2 Å². The Morgan fingerprint density at radius 1 is 1.13 bits per heavy atom. The SMILES string of the molecule is CCCN(Cc1ccccc1)c1cccc2c1[nH]c(=O)n2C1CCN(C(=O)O)CC1. The summed E-state index contributed by atoms with van der Waals surface area (Å²) in [5.74, 6) is 0. The molecule has 2 N–H and O–H groups in total. The van der Waals surface area contributed by atoms with Crippen molar-refractivity contribution < 1.29 is 9.90 Å². The number of aromatic amines is 1. The van der Waals surface area contributed by atoms with Gasteiger partial charge in [-0.1, -0.05) is 43.3 Å². The van der Waals surface area contributed by atoms with Gasteiger partial charge in [0.1, 0.15) is 0 Å². The molecular weight excluding hydrogens is 380 g/mol. The molecule has 1 fully saturated rings. The first kappa shape index (κ1) is 20.1. The van der Waals surface area contributed by atoms with Gasteiger partial charge >= 0.3 is 11.8 Å². The van der Waals surface area contributed by atoms with Crippen molar-refractivity contribution in [2.45, 2.75) is 38.8 Å². The molecule has 0 atom stereocenters. The molecular formula is C23H28N4O3. The number of benzene rings is 2. The maximum atomic E-state index is 12.9. The van der Waals surface area contributed by atoms with E-state index in [0.717, 1.165) is 36.2 Å².